The van der Waals surface area contributed by atoms with E-state index in [0.29, 0.717) is 29.8 Å². The highest BCUT2D eigenvalue weighted by Crippen LogP contribution is 2.31. The molecule has 1 atom stereocenters. The molecule has 0 saturated carbocycles. The van der Waals surface area contributed by atoms with Crippen LogP contribution in [-0.2, 0) is 10.0 Å². The standard InChI is InChI=1S/C13H20N2O3S/c1-9-5-6-12(14)10(2)13(9)19(17,18)15-7-3-4-11(15)8-16/h5-6,11,16H,3-4,7-8,14H2,1-2H3. The van der Waals surface area contributed by atoms with Crippen molar-refractivity contribution < 1.29 is 13.5 Å². The van der Waals surface area contributed by atoms with E-state index in [4.69, 9.17) is 5.73 Å². The van der Waals surface area contributed by atoms with Crippen LogP contribution in [0.25, 0.3) is 0 Å². The van der Waals surface area contributed by atoms with E-state index in [1.807, 2.05) is 0 Å². The molecular formula is C13H20N2O3S. The Balaban J connectivity index is 2.54. The first-order valence-electron chi connectivity index (χ1n) is 6.38. The third-order valence-electron chi connectivity index (χ3n) is 3.75. The molecule has 0 aromatic heterocycles. The fourth-order valence-electron chi connectivity index (χ4n) is 2.66. The van der Waals surface area contributed by atoms with Gasteiger partial charge in [-0.05, 0) is 43.9 Å². The number of nitrogen functional groups attached to an aromatic ring is 1. The van der Waals surface area contributed by atoms with E-state index in [2.05, 4.69) is 0 Å². The van der Waals surface area contributed by atoms with Crippen molar-refractivity contribution in [2.45, 2.75) is 37.6 Å². The minimum Gasteiger partial charge on any atom is -0.398 e. The van der Waals surface area contributed by atoms with Crippen LogP contribution in [0.15, 0.2) is 17.0 Å². The maximum atomic E-state index is 12.8. The van der Waals surface area contributed by atoms with Crippen LogP contribution in [0.4, 0.5) is 5.69 Å². The molecule has 0 aliphatic carbocycles. The van der Waals surface area contributed by atoms with Gasteiger partial charge in [-0.2, -0.15) is 4.31 Å². The summed E-state index contributed by atoms with van der Waals surface area (Å²) in [5.41, 5.74) is 7.57. The summed E-state index contributed by atoms with van der Waals surface area (Å²) in [6, 6.07) is 3.13. The summed E-state index contributed by atoms with van der Waals surface area (Å²) >= 11 is 0. The molecule has 5 nitrogen and oxygen atoms in total. The van der Waals surface area contributed by atoms with Gasteiger partial charge in [0, 0.05) is 18.3 Å². The number of rotatable bonds is 3. The molecule has 1 aliphatic heterocycles. The van der Waals surface area contributed by atoms with Crippen molar-refractivity contribution in [1.29, 1.82) is 0 Å². The average molecular weight is 284 g/mol. The highest BCUT2D eigenvalue weighted by molar-refractivity contribution is 7.89. The molecule has 1 aromatic carbocycles. The molecule has 2 rings (SSSR count). The molecular weight excluding hydrogens is 264 g/mol. The van der Waals surface area contributed by atoms with Crippen LogP contribution in [0.2, 0.25) is 0 Å². The van der Waals surface area contributed by atoms with Gasteiger partial charge in [0.1, 0.15) is 0 Å². The number of benzene rings is 1. The predicted octanol–water partition coefficient (Wildman–Crippen LogP) is 1.03. The Kier molecular flexibility index (Phi) is 3.85. The summed E-state index contributed by atoms with van der Waals surface area (Å²) < 4.78 is 26.9. The van der Waals surface area contributed by atoms with Crippen molar-refractivity contribution in [3.8, 4) is 0 Å². The van der Waals surface area contributed by atoms with Gasteiger partial charge in [0.2, 0.25) is 10.0 Å². The lowest BCUT2D eigenvalue weighted by atomic mass is 10.1. The number of hydrogen-bond donors (Lipinski definition) is 2. The molecule has 1 aromatic rings. The van der Waals surface area contributed by atoms with Gasteiger partial charge in [-0.1, -0.05) is 6.07 Å². The molecule has 0 bridgehead atoms. The monoisotopic (exact) mass is 284 g/mol. The Hall–Kier alpha value is -1.11. The van der Waals surface area contributed by atoms with E-state index in [-0.39, 0.29) is 17.5 Å². The molecule has 1 fully saturated rings. The van der Waals surface area contributed by atoms with Gasteiger partial charge >= 0.3 is 0 Å². The van der Waals surface area contributed by atoms with E-state index in [1.54, 1.807) is 26.0 Å². The van der Waals surface area contributed by atoms with Crippen LogP contribution < -0.4 is 5.73 Å². The van der Waals surface area contributed by atoms with Gasteiger partial charge in [-0.25, -0.2) is 8.42 Å². The van der Waals surface area contributed by atoms with E-state index in [0.717, 1.165) is 6.42 Å². The van der Waals surface area contributed by atoms with Crippen LogP contribution in [-0.4, -0.2) is 37.0 Å². The SMILES string of the molecule is Cc1ccc(N)c(C)c1S(=O)(=O)N1CCCC1CO. The summed E-state index contributed by atoms with van der Waals surface area (Å²) in [5.74, 6) is 0. The maximum Gasteiger partial charge on any atom is 0.244 e. The Bertz CT molecular complexity index is 584. The smallest absolute Gasteiger partial charge is 0.244 e. The lowest BCUT2D eigenvalue weighted by molar-refractivity contribution is 0.213. The summed E-state index contributed by atoms with van der Waals surface area (Å²) in [4.78, 5) is 0.285. The fourth-order valence-corrected chi connectivity index (χ4v) is 4.81. The van der Waals surface area contributed by atoms with Crippen LogP contribution in [0.1, 0.15) is 24.0 Å². The van der Waals surface area contributed by atoms with Crippen LogP contribution in [0.3, 0.4) is 0 Å². The largest absolute Gasteiger partial charge is 0.398 e. The second kappa shape index (κ2) is 5.11. The van der Waals surface area contributed by atoms with Gasteiger partial charge in [-0.15, -0.1) is 0 Å². The quantitative estimate of drug-likeness (QED) is 0.812. The number of aliphatic hydroxyl groups is 1. The second-order valence-corrected chi connectivity index (χ2v) is 6.85. The zero-order valence-electron chi connectivity index (χ0n) is 11.3. The summed E-state index contributed by atoms with van der Waals surface area (Å²) in [7, 11) is -3.59. The first-order valence-corrected chi connectivity index (χ1v) is 7.82. The summed E-state index contributed by atoms with van der Waals surface area (Å²) in [5, 5.41) is 9.31. The predicted molar refractivity (Wildman–Crippen MR) is 74.3 cm³/mol. The normalized spacial score (nSPS) is 20.9. The first kappa shape index (κ1) is 14.3. The number of aryl methyl sites for hydroxylation is 1. The molecule has 6 heteroatoms. The number of hydrogen-bond acceptors (Lipinski definition) is 4. The topological polar surface area (TPSA) is 83.6 Å². The van der Waals surface area contributed by atoms with Crippen LogP contribution >= 0.6 is 0 Å². The molecule has 0 amide bonds. The van der Waals surface area contributed by atoms with E-state index >= 15 is 0 Å². The van der Waals surface area contributed by atoms with Gasteiger partial charge in [0.15, 0.2) is 0 Å². The Morgan fingerprint density at radius 1 is 1.42 bits per heavy atom. The highest BCUT2D eigenvalue weighted by atomic mass is 32.2. The lowest BCUT2D eigenvalue weighted by Gasteiger charge is -2.24. The number of anilines is 1. The fraction of sp³-hybridized carbons (Fsp3) is 0.538. The number of aliphatic hydroxyl groups excluding tert-OH is 1. The molecule has 3 N–H and O–H groups in total. The van der Waals surface area contributed by atoms with Gasteiger partial charge < -0.3 is 10.8 Å². The maximum absolute atomic E-state index is 12.8. The number of nitrogens with two attached hydrogens (primary N) is 1. The average Bonchev–Trinajstić information content (AvgIpc) is 2.83. The van der Waals surface area contributed by atoms with Gasteiger partial charge in [0.25, 0.3) is 0 Å². The molecule has 1 saturated heterocycles. The number of nitrogens with zero attached hydrogens (tertiary/aromatic N) is 1. The van der Waals surface area contributed by atoms with Crippen LogP contribution in [0.5, 0.6) is 0 Å². The third kappa shape index (κ3) is 2.35. The summed E-state index contributed by atoms with van der Waals surface area (Å²) in [6.45, 7) is 3.81. The number of sulfonamides is 1. The van der Waals surface area contributed by atoms with E-state index < -0.39 is 10.0 Å². The molecule has 1 unspecified atom stereocenters. The van der Waals surface area contributed by atoms with Crippen molar-refractivity contribution in [3.05, 3.63) is 23.3 Å². The van der Waals surface area contributed by atoms with Crippen molar-refractivity contribution in [2.24, 2.45) is 0 Å². The van der Waals surface area contributed by atoms with Gasteiger partial charge in [0.05, 0.1) is 11.5 Å². The van der Waals surface area contributed by atoms with Crippen molar-refractivity contribution in [3.63, 3.8) is 0 Å². The van der Waals surface area contributed by atoms with Crippen molar-refractivity contribution in [1.82, 2.24) is 4.31 Å². The van der Waals surface area contributed by atoms with E-state index in [1.165, 1.54) is 4.31 Å². The highest BCUT2D eigenvalue weighted by Gasteiger charge is 2.36. The lowest BCUT2D eigenvalue weighted by Crippen LogP contribution is -2.38. The Morgan fingerprint density at radius 3 is 2.74 bits per heavy atom. The van der Waals surface area contributed by atoms with Crippen LogP contribution in [0, 0.1) is 13.8 Å². The Labute approximate surface area is 114 Å². The summed E-state index contributed by atoms with van der Waals surface area (Å²) in [6.07, 6.45) is 1.49. The molecule has 1 aliphatic rings. The van der Waals surface area contributed by atoms with Crippen molar-refractivity contribution in [2.75, 3.05) is 18.9 Å². The molecule has 106 valence electrons. The molecule has 0 spiro atoms. The van der Waals surface area contributed by atoms with E-state index in [9.17, 15) is 13.5 Å². The van der Waals surface area contributed by atoms with Gasteiger partial charge in [-0.3, -0.25) is 0 Å². The molecule has 0 radical (unpaired) electrons. The van der Waals surface area contributed by atoms with Crippen molar-refractivity contribution >= 4 is 15.7 Å². The second-order valence-electron chi connectivity index (χ2n) is 5.02. The third-order valence-corrected chi connectivity index (χ3v) is 5.99. The zero-order chi connectivity index (χ0) is 14.2. The minimum absolute atomic E-state index is 0.139. The molecule has 19 heavy (non-hydrogen) atoms. The minimum atomic E-state index is -3.59. The molecule has 1 heterocycles. The zero-order valence-corrected chi connectivity index (χ0v) is 12.1. The first-order chi connectivity index (χ1) is 8.89. The Morgan fingerprint density at radius 2 is 2.11 bits per heavy atom.